The Morgan fingerprint density at radius 3 is 1.93 bits per heavy atom. The smallest absolute Gasteiger partial charge is 0.316 e. The third-order valence-corrected chi connectivity index (χ3v) is 6.20. The van der Waals surface area contributed by atoms with Crippen molar-refractivity contribution in [3.63, 3.8) is 0 Å². The average Bonchev–Trinajstić information content (AvgIpc) is 2.93. The number of rotatable bonds is 13. The van der Waals surface area contributed by atoms with Crippen molar-refractivity contribution in [2.24, 2.45) is 22.2 Å². The van der Waals surface area contributed by atoms with Gasteiger partial charge in [0.25, 0.3) is 5.96 Å². The van der Waals surface area contributed by atoms with E-state index in [0.717, 1.165) is 11.1 Å². The molecule has 13 heteroatoms. The minimum absolute atomic E-state index is 0.0355. The number of guanidine groups is 1. The SMILES string of the molecule is NC(=O)Nc1ccc(CN(C(=O)C(c2ccccc2)c2ccccc2)[C@@H](CCCN=C(N)N[N+](=O)[O-])C(N)=O)cc1. The summed E-state index contributed by atoms with van der Waals surface area (Å²) in [6.45, 7) is 0.0977. The lowest BCUT2D eigenvalue weighted by Gasteiger charge is -2.33. The number of nitrogens with one attached hydrogen (secondary N) is 2. The average molecular weight is 561 g/mol. The fraction of sp³-hybridized carbons (Fsp3) is 0.214. The molecule has 4 amide bonds. The van der Waals surface area contributed by atoms with E-state index in [9.17, 15) is 24.5 Å². The molecule has 0 radical (unpaired) electrons. The third kappa shape index (κ3) is 9.06. The van der Waals surface area contributed by atoms with Crippen molar-refractivity contribution in [3.05, 3.63) is 112 Å². The highest BCUT2D eigenvalue weighted by molar-refractivity contribution is 5.92. The molecule has 0 unspecified atom stereocenters. The molecule has 41 heavy (non-hydrogen) atoms. The first kappa shape index (κ1) is 30.1. The summed E-state index contributed by atoms with van der Waals surface area (Å²) in [4.78, 5) is 54.2. The number of carbonyl (C=O) groups is 3. The normalized spacial score (nSPS) is 11.9. The lowest BCUT2D eigenvalue weighted by molar-refractivity contribution is -0.525. The number of hydrogen-bond acceptors (Lipinski definition) is 6. The van der Waals surface area contributed by atoms with Crippen LogP contribution < -0.4 is 27.9 Å². The van der Waals surface area contributed by atoms with E-state index in [-0.39, 0.29) is 37.8 Å². The molecule has 0 bridgehead atoms. The molecular weight excluding hydrogens is 528 g/mol. The highest BCUT2D eigenvalue weighted by Crippen LogP contribution is 2.29. The Bertz CT molecular complexity index is 1330. The van der Waals surface area contributed by atoms with E-state index in [1.54, 1.807) is 29.7 Å². The summed E-state index contributed by atoms with van der Waals surface area (Å²) in [6.07, 6.45) is 0.397. The molecule has 0 fully saturated rings. The van der Waals surface area contributed by atoms with E-state index in [2.05, 4.69) is 10.3 Å². The fourth-order valence-corrected chi connectivity index (χ4v) is 4.37. The van der Waals surface area contributed by atoms with Gasteiger partial charge in [-0.1, -0.05) is 78.2 Å². The highest BCUT2D eigenvalue weighted by atomic mass is 16.7. The highest BCUT2D eigenvalue weighted by Gasteiger charge is 2.34. The van der Waals surface area contributed by atoms with Crippen molar-refractivity contribution in [1.82, 2.24) is 10.3 Å². The van der Waals surface area contributed by atoms with Crippen LogP contribution in [-0.4, -0.2) is 46.3 Å². The number of amides is 4. The second kappa shape index (κ2) is 14.6. The molecular formula is C28H32N8O5. The zero-order chi connectivity index (χ0) is 29.8. The largest absolute Gasteiger partial charge is 0.368 e. The van der Waals surface area contributed by atoms with E-state index in [1.165, 1.54) is 4.90 Å². The molecule has 1 atom stereocenters. The van der Waals surface area contributed by atoms with E-state index >= 15 is 0 Å². The number of anilines is 1. The maximum atomic E-state index is 14.4. The minimum atomic E-state index is -1.03. The number of carbonyl (C=O) groups excluding carboxylic acids is 3. The Kier molecular flexibility index (Phi) is 10.7. The number of hydrazine groups is 1. The van der Waals surface area contributed by atoms with Crippen molar-refractivity contribution in [2.45, 2.75) is 31.3 Å². The van der Waals surface area contributed by atoms with Gasteiger partial charge in [0, 0.05) is 18.8 Å². The molecule has 0 aliphatic heterocycles. The first-order chi connectivity index (χ1) is 19.7. The molecule has 0 spiro atoms. The lowest BCUT2D eigenvalue weighted by Crippen LogP contribution is -2.49. The van der Waals surface area contributed by atoms with E-state index < -0.39 is 28.9 Å². The van der Waals surface area contributed by atoms with Gasteiger partial charge < -0.3 is 27.4 Å². The van der Waals surface area contributed by atoms with Crippen LogP contribution in [0.15, 0.2) is 89.9 Å². The van der Waals surface area contributed by atoms with Crippen molar-refractivity contribution in [2.75, 3.05) is 11.9 Å². The van der Waals surface area contributed by atoms with Crippen molar-refractivity contribution < 1.29 is 19.4 Å². The topological polar surface area (TPSA) is 212 Å². The molecule has 13 nitrogen and oxygen atoms in total. The Hall–Kier alpha value is -5.46. The van der Waals surface area contributed by atoms with Crippen molar-refractivity contribution >= 4 is 29.5 Å². The summed E-state index contributed by atoms with van der Waals surface area (Å²) in [5.41, 5.74) is 20.9. The van der Waals surface area contributed by atoms with Gasteiger partial charge in [-0.2, -0.15) is 0 Å². The molecule has 3 aromatic rings. The van der Waals surface area contributed by atoms with Crippen LogP contribution in [0.25, 0.3) is 0 Å². The summed E-state index contributed by atoms with van der Waals surface area (Å²) < 4.78 is 0. The van der Waals surface area contributed by atoms with Gasteiger partial charge in [0.2, 0.25) is 11.8 Å². The van der Waals surface area contributed by atoms with E-state index in [4.69, 9.17) is 17.2 Å². The zero-order valence-electron chi connectivity index (χ0n) is 22.2. The van der Waals surface area contributed by atoms with Gasteiger partial charge in [-0.3, -0.25) is 9.59 Å². The number of nitrogens with two attached hydrogens (primary N) is 3. The summed E-state index contributed by atoms with van der Waals surface area (Å²) in [5, 5.41) is 12.2. The molecule has 0 saturated carbocycles. The van der Waals surface area contributed by atoms with Gasteiger partial charge in [-0.15, -0.1) is 0 Å². The van der Waals surface area contributed by atoms with E-state index in [0.29, 0.717) is 11.3 Å². The third-order valence-electron chi connectivity index (χ3n) is 6.20. The maximum Gasteiger partial charge on any atom is 0.316 e. The van der Waals surface area contributed by atoms with Gasteiger partial charge in [0.1, 0.15) is 6.04 Å². The molecule has 0 saturated heterocycles. The first-order valence-corrected chi connectivity index (χ1v) is 12.7. The van der Waals surface area contributed by atoms with Crippen LogP contribution in [-0.2, 0) is 16.1 Å². The zero-order valence-corrected chi connectivity index (χ0v) is 22.2. The summed E-state index contributed by atoms with van der Waals surface area (Å²) in [6, 6.07) is 23.3. The Balaban J connectivity index is 1.97. The summed E-state index contributed by atoms with van der Waals surface area (Å²) >= 11 is 0. The molecule has 3 rings (SSSR count). The van der Waals surface area contributed by atoms with Crippen LogP contribution in [0.3, 0.4) is 0 Å². The van der Waals surface area contributed by atoms with Crippen molar-refractivity contribution in [1.29, 1.82) is 0 Å². The molecule has 0 aliphatic rings. The summed E-state index contributed by atoms with van der Waals surface area (Å²) in [7, 11) is 0. The first-order valence-electron chi connectivity index (χ1n) is 12.7. The maximum absolute atomic E-state index is 14.4. The second-order valence-corrected chi connectivity index (χ2v) is 9.10. The van der Waals surface area contributed by atoms with Crippen LogP contribution in [0.1, 0.15) is 35.4 Å². The van der Waals surface area contributed by atoms with Gasteiger partial charge >= 0.3 is 6.03 Å². The molecule has 214 valence electrons. The Morgan fingerprint density at radius 2 is 1.44 bits per heavy atom. The lowest BCUT2D eigenvalue weighted by atomic mass is 9.89. The van der Waals surface area contributed by atoms with E-state index in [1.807, 2.05) is 60.7 Å². The number of hydrogen-bond donors (Lipinski definition) is 5. The van der Waals surface area contributed by atoms with Crippen LogP contribution in [0.4, 0.5) is 10.5 Å². The Morgan fingerprint density at radius 1 is 0.878 bits per heavy atom. The van der Waals surface area contributed by atoms with Gasteiger partial charge in [-0.25, -0.2) is 19.9 Å². The predicted molar refractivity (Wildman–Crippen MR) is 154 cm³/mol. The standard InChI is InChI=1S/C28H32N8O5/c29-25(37)23(12-7-17-32-27(30)34-36(40)41)35(18-19-13-15-22(16-14-19)33-28(31)39)26(38)24(20-8-3-1-4-9-20)21-10-5-2-6-11-21/h1-6,8-11,13-16,23-24H,7,12,17-18H2,(H2,29,37)(H3,30,32,34)(H3,31,33,39)/t23-/m0/s1. The fourth-order valence-electron chi connectivity index (χ4n) is 4.37. The number of primary amides is 2. The van der Waals surface area contributed by atoms with Crippen LogP contribution in [0.2, 0.25) is 0 Å². The minimum Gasteiger partial charge on any atom is -0.368 e. The second-order valence-electron chi connectivity index (χ2n) is 9.10. The number of nitro groups is 1. The van der Waals surface area contributed by atoms with Gasteiger partial charge in [0.05, 0.1) is 5.92 Å². The molecule has 0 aliphatic carbocycles. The molecule has 0 heterocycles. The quantitative estimate of drug-likeness (QED) is 0.0689. The van der Waals surface area contributed by atoms with Crippen molar-refractivity contribution in [3.8, 4) is 0 Å². The monoisotopic (exact) mass is 560 g/mol. The molecule has 8 N–H and O–H groups in total. The number of nitrogens with zero attached hydrogens (tertiary/aromatic N) is 3. The number of aliphatic imine (C=N–C) groups is 1. The van der Waals surface area contributed by atoms with Crippen LogP contribution in [0, 0.1) is 10.1 Å². The van der Waals surface area contributed by atoms with Gasteiger partial charge in [0.15, 0.2) is 5.03 Å². The Labute approximate surface area is 236 Å². The van der Waals surface area contributed by atoms with Crippen LogP contribution in [0.5, 0.6) is 0 Å². The summed E-state index contributed by atoms with van der Waals surface area (Å²) in [5.74, 6) is -2.17. The predicted octanol–water partition coefficient (Wildman–Crippen LogP) is 2.07. The van der Waals surface area contributed by atoms with Gasteiger partial charge in [-0.05, 0) is 41.7 Å². The molecule has 3 aromatic carbocycles. The van der Waals surface area contributed by atoms with Crippen LogP contribution >= 0.6 is 0 Å². The molecule has 0 aromatic heterocycles. The number of urea groups is 1. The number of benzene rings is 3.